The van der Waals surface area contributed by atoms with Crippen molar-refractivity contribution >= 4 is 0 Å². The van der Waals surface area contributed by atoms with E-state index in [0.29, 0.717) is 0 Å². The van der Waals surface area contributed by atoms with Gasteiger partial charge in [-0.25, -0.2) is 0 Å². The third-order valence-electron chi connectivity index (χ3n) is 2.92. The highest BCUT2D eigenvalue weighted by molar-refractivity contribution is 5.70. The number of ether oxygens (including phenoxy) is 1. The Balaban J connectivity index is 2.32. The minimum absolute atomic E-state index is 0.902. The van der Waals surface area contributed by atoms with E-state index in [0.717, 1.165) is 24.4 Å². The summed E-state index contributed by atoms with van der Waals surface area (Å²) in [5.74, 6) is 0.915. The Labute approximate surface area is 109 Å². The minimum Gasteiger partial charge on any atom is -0.496 e. The summed E-state index contributed by atoms with van der Waals surface area (Å²) in [5, 5.41) is 3.34. The number of nitrogens with one attached hydrogen (secondary N) is 1. The first kappa shape index (κ1) is 12.7. The summed E-state index contributed by atoms with van der Waals surface area (Å²) >= 11 is 0. The lowest BCUT2D eigenvalue weighted by Gasteiger charge is -2.10. The van der Waals surface area contributed by atoms with Crippen LogP contribution in [0.1, 0.15) is 12.5 Å². The molecule has 0 spiro atoms. The number of para-hydroxylation sites is 1. The molecule has 0 fully saturated rings. The number of benzene rings is 2. The van der Waals surface area contributed by atoms with Gasteiger partial charge in [-0.3, -0.25) is 0 Å². The Morgan fingerprint density at radius 1 is 1.06 bits per heavy atom. The van der Waals surface area contributed by atoms with Crippen molar-refractivity contribution in [3.05, 3.63) is 54.1 Å². The molecule has 2 aromatic carbocycles. The molecule has 18 heavy (non-hydrogen) atoms. The predicted molar refractivity (Wildman–Crippen MR) is 75.8 cm³/mol. The highest BCUT2D eigenvalue weighted by atomic mass is 16.5. The third-order valence-corrected chi connectivity index (χ3v) is 2.92. The summed E-state index contributed by atoms with van der Waals surface area (Å²) in [6.45, 7) is 4.00. The first-order valence-corrected chi connectivity index (χ1v) is 6.28. The molecular formula is C16H19NO. The van der Waals surface area contributed by atoms with Crippen molar-refractivity contribution in [2.75, 3.05) is 13.7 Å². The fourth-order valence-corrected chi connectivity index (χ4v) is 2.00. The van der Waals surface area contributed by atoms with Crippen LogP contribution < -0.4 is 10.1 Å². The Kier molecular flexibility index (Phi) is 4.37. The zero-order chi connectivity index (χ0) is 12.8. The maximum atomic E-state index is 5.41. The topological polar surface area (TPSA) is 21.3 Å². The highest BCUT2D eigenvalue weighted by Crippen LogP contribution is 2.29. The molecule has 0 bridgehead atoms. The van der Waals surface area contributed by atoms with Gasteiger partial charge in [-0.15, -0.1) is 0 Å². The van der Waals surface area contributed by atoms with Crippen LogP contribution in [0.25, 0.3) is 11.1 Å². The van der Waals surface area contributed by atoms with Crippen LogP contribution in [0.2, 0.25) is 0 Å². The summed E-state index contributed by atoms with van der Waals surface area (Å²) < 4.78 is 5.41. The number of hydrogen-bond donors (Lipinski definition) is 1. The quantitative estimate of drug-likeness (QED) is 0.865. The molecule has 2 heteroatoms. The molecule has 2 aromatic rings. The average molecular weight is 241 g/mol. The molecule has 0 radical (unpaired) electrons. The van der Waals surface area contributed by atoms with Gasteiger partial charge in [-0.05, 0) is 29.8 Å². The lowest BCUT2D eigenvalue weighted by atomic mass is 10.0. The van der Waals surface area contributed by atoms with Gasteiger partial charge in [0, 0.05) is 12.1 Å². The molecule has 0 saturated heterocycles. The molecular weight excluding hydrogens is 222 g/mol. The number of hydrogen-bond acceptors (Lipinski definition) is 2. The van der Waals surface area contributed by atoms with Crippen LogP contribution >= 0.6 is 0 Å². The van der Waals surface area contributed by atoms with Crippen LogP contribution in [0.15, 0.2) is 48.5 Å². The molecule has 0 aromatic heterocycles. The van der Waals surface area contributed by atoms with Crippen molar-refractivity contribution in [3.8, 4) is 16.9 Å². The monoisotopic (exact) mass is 241 g/mol. The molecule has 0 aliphatic heterocycles. The second-order valence-corrected chi connectivity index (χ2v) is 4.18. The standard InChI is InChI=1S/C16H19NO/c1-3-17-12-13-7-6-8-14(11-13)15-9-4-5-10-16(15)18-2/h4-11,17H,3,12H2,1-2H3. The van der Waals surface area contributed by atoms with Crippen molar-refractivity contribution in [3.63, 3.8) is 0 Å². The van der Waals surface area contributed by atoms with E-state index in [1.54, 1.807) is 7.11 Å². The summed E-state index contributed by atoms with van der Waals surface area (Å²) in [6.07, 6.45) is 0. The molecule has 0 atom stereocenters. The van der Waals surface area contributed by atoms with E-state index >= 15 is 0 Å². The van der Waals surface area contributed by atoms with Gasteiger partial charge < -0.3 is 10.1 Å². The molecule has 0 amide bonds. The van der Waals surface area contributed by atoms with Crippen LogP contribution in [0, 0.1) is 0 Å². The fraction of sp³-hybridized carbons (Fsp3) is 0.250. The Bertz CT molecular complexity index is 508. The zero-order valence-electron chi connectivity index (χ0n) is 10.9. The lowest BCUT2D eigenvalue weighted by molar-refractivity contribution is 0.416. The third kappa shape index (κ3) is 2.90. The smallest absolute Gasteiger partial charge is 0.126 e. The Morgan fingerprint density at radius 3 is 2.67 bits per heavy atom. The van der Waals surface area contributed by atoms with E-state index in [1.165, 1.54) is 11.1 Å². The van der Waals surface area contributed by atoms with Gasteiger partial charge in [0.1, 0.15) is 5.75 Å². The van der Waals surface area contributed by atoms with Gasteiger partial charge in [0.25, 0.3) is 0 Å². The van der Waals surface area contributed by atoms with E-state index in [9.17, 15) is 0 Å². The molecule has 0 heterocycles. The normalized spacial score (nSPS) is 10.3. The molecule has 0 aliphatic rings. The molecule has 0 aliphatic carbocycles. The van der Waals surface area contributed by atoms with Gasteiger partial charge in [-0.1, -0.05) is 43.3 Å². The summed E-state index contributed by atoms with van der Waals surface area (Å²) in [6, 6.07) is 16.7. The van der Waals surface area contributed by atoms with Crippen molar-refractivity contribution in [2.45, 2.75) is 13.5 Å². The van der Waals surface area contributed by atoms with E-state index in [1.807, 2.05) is 18.2 Å². The van der Waals surface area contributed by atoms with E-state index in [-0.39, 0.29) is 0 Å². The zero-order valence-corrected chi connectivity index (χ0v) is 10.9. The Hall–Kier alpha value is -1.80. The van der Waals surface area contributed by atoms with Crippen LogP contribution in [0.4, 0.5) is 0 Å². The van der Waals surface area contributed by atoms with Crippen LogP contribution in [0.3, 0.4) is 0 Å². The number of rotatable bonds is 5. The summed E-state index contributed by atoms with van der Waals surface area (Å²) in [5.41, 5.74) is 3.63. The van der Waals surface area contributed by atoms with E-state index in [2.05, 4.69) is 42.6 Å². The molecule has 94 valence electrons. The van der Waals surface area contributed by atoms with Gasteiger partial charge in [0.2, 0.25) is 0 Å². The van der Waals surface area contributed by atoms with Crippen molar-refractivity contribution in [1.82, 2.24) is 5.32 Å². The predicted octanol–water partition coefficient (Wildman–Crippen LogP) is 3.47. The van der Waals surface area contributed by atoms with Gasteiger partial charge in [0.15, 0.2) is 0 Å². The molecule has 0 unspecified atom stereocenters. The average Bonchev–Trinajstić information content (AvgIpc) is 2.45. The van der Waals surface area contributed by atoms with Crippen molar-refractivity contribution in [1.29, 1.82) is 0 Å². The molecule has 1 N–H and O–H groups in total. The SMILES string of the molecule is CCNCc1cccc(-c2ccccc2OC)c1. The van der Waals surface area contributed by atoms with Crippen LogP contribution in [-0.4, -0.2) is 13.7 Å². The number of methoxy groups -OCH3 is 1. The largest absolute Gasteiger partial charge is 0.496 e. The van der Waals surface area contributed by atoms with Crippen LogP contribution in [0.5, 0.6) is 5.75 Å². The first-order chi connectivity index (χ1) is 8.85. The van der Waals surface area contributed by atoms with Crippen molar-refractivity contribution < 1.29 is 4.74 Å². The van der Waals surface area contributed by atoms with Gasteiger partial charge in [-0.2, -0.15) is 0 Å². The maximum Gasteiger partial charge on any atom is 0.126 e. The maximum absolute atomic E-state index is 5.41. The highest BCUT2D eigenvalue weighted by Gasteiger charge is 2.04. The second kappa shape index (κ2) is 6.22. The lowest BCUT2D eigenvalue weighted by Crippen LogP contribution is -2.11. The Morgan fingerprint density at radius 2 is 1.89 bits per heavy atom. The molecule has 2 nitrogen and oxygen atoms in total. The fourth-order valence-electron chi connectivity index (χ4n) is 2.00. The van der Waals surface area contributed by atoms with Crippen LogP contribution in [-0.2, 0) is 6.54 Å². The van der Waals surface area contributed by atoms with Gasteiger partial charge >= 0.3 is 0 Å². The summed E-state index contributed by atoms with van der Waals surface area (Å²) in [4.78, 5) is 0. The van der Waals surface area contributed by atoms with Gasteiger partial charge in [0.05, 0.1) is 7.11 Å². The second-order valence-electron chi connectivity index (χ2n) is 4.18. The molecule has 0 saturated carbocycles. The van der Waals surface area contributed by atoms with E-state index in [4.69, 9.17) is 4.74 Å². The van der Waals surface area contributed by atoms with E-state index < -0.39 is 0 Å². The first-order valence-electron chi connectivity index (χ1n) is 6.28. The van der Waals surface area contributed by atoms with Crippen molar-refractivity contribution in [2.24, 2.45) is 0 Å². The minimum atomic E-state index is 0.902. The molecule has 2 rings (SSSR count). The summed E-state index contributed by atoms with van der Waals surface area (Å²) in [7, 11) is 1.71.